The lowest BCUT2D eigenvalue weighted by Gasteiger charge is -2.32. The van der Waals surface area contributed by atoms with Gasteiger partial charge in [-0.15, -0.1) is 0 Å². The third-order valence-electron chi connectivity index (χ3n) is 4.18. The van der Waals surface area contributed by atoms with Crippen LogP contribution in [0.15, 0.2) is 33.9 Å². The fourth-order valence-electron chi connectivity index (χ4n) is 2.60. The second-order valence-electron chi connectivity index (χ2n) is 6.27. The number of amides is 2. The molecule has 1 aromatic carbocycles. The molecule has 2 amide bonds. The second kappa shape index (κ2) is 8.04. The molecule has 0 saturated heterocycles. The molecule has 3 nitrogen and oxygen atoms in total. The minimum Gasteiger partial charge on any atom is -0.274 e. The van der Waals surface area contributed by atoms with Crippen LogP contribution in [-0.4, -0.2) is 47.2 Å². The van der Waals surface area contributed by atoms with Gasteiger partial charge in [-0.3, -0.25) is 14.5 Å². The molecule has 0 atom stereocenters. The molecule has 0 aliphatic carbocycles. The van der Waals surface area contributed by atoms with Gasteiger partial charge in [0.2, 0.25) is 0 Å². The van der Waals surface area contributed by atoms with Crippen molar-refractivity contribution >= 4 is 34.4 Å². The highest BCUT2D eigenvalue weighted by atomic mass is 127. The Morgan fingerprint density at radius 1 is 0.867 bits per heavy atom. The highest BCUT2D eigenvalue weighted by molar-refractivity contribution is 14.1. The molecule has 13 heteroatoms. The van der Waals surface area contributed by atoms with Crippen molar-refractivity contribution in [1.29, 1.82) is 0 Å². The summed E-state index contributed by atoms with van der Waals surface area (Å²) >= 11 is 1.09. The van der Waals surface area contributed by atoms with Crippen LogP contribution < -0.4 is 0 Å². The zero-order valence-electron chi connectivity index (χ0n) is 14.6. The Kier molecular flexibility index (Phi) is 6.56. The van der Waals surface area contributed by atoms with Gasteiger partial charge in [0, 0.05) is 12.6 Å². The van der Waals surface area contributed by atoms with Crippen LogP contribution in [-0.2, 0) is 0 Å². The maximum atomic E-state index is 13.6. The van der Waals surface area contributed by atoms with Crippen molar-refractivity contribution < 1.29 is 49.1 Å². The Balaban J connectivity index is 2.07. The van der Waals surface area contributed by atoms with Crippen molar-refractivity contribution in [3.63, 3.8) is 0 Å². The molecule has 0 aromatic heterocycles. The van der Waals surface area contributed by atoms with Crippen molar-refractivity contribution in [1.82, 2.24) is 4.90 Å². The molecule has 1 aliphatic heterocycles. The maximum Gasteiger partial charge on any atom is 0.460 e. The van der Waals surface area contributed by atoms with Gasteiger partial charge >= 0.3 is 23.9 Å². The van der Waals surface area contributed by atoms with Crippen LogP contribution in [0.1, 0.15) is 33.6 Å². The molecule has 0 radical (unpaired) electrons. The predicted molar refractivity (Wildman–Crippen MR) is 94.0 cm³/mol. The quantitative estimate of drug-likeness (QED) is 0.239. The second-order valence-corrected chi connectivity index (χ2v) is 7.66. The molecule has 0 fully saturated rings. The number of nitrogens with zero attached hydrogens (tertiary/aromatic N) is 1. The van der Waals surface area contributed by atoms with Crippen LogP contribution in [0.25, 0.3) is 0 Å². The number of fused-ring (bicyclic) bond motifs is 1. The molecule has 0 unspecified atom stereocenters. The minimum absolute atomic E-state index is 0.119. The van der Waals surface area contributed by atoms with Crippen molar-refractivity contribution in [2.45, 2.75) is 36.8 Å². The summed E-state index contributed by atoms with van der Waals surface area (Å²) in [5, 5.41) is 0. The smallest absolute Gasteiger partial charge is 0.274 e. The summed E-state index contributed by atoms with van der Waals surface area (Å²) in [4.78, 5) is 25.0. The number of imide groups is 1. The van der Waals surface area contributed by atoms with Crippen LogP contribution in [0, 0.1) is 0 Å². The molecule has 0 spiro atoms. The molecule has 0 saturated carbocycles. The van der Waals surface area contributed by atoms with Crippen LogP contribution >= 0.6 is 22.6 Å². The molecule has 30 heavy (non-hydrogen) atoms. The largest absolute Gasteiger partial charge is 0.460 e. The highest BCUT2D eigenvalue weighted by Gasteiger charge is 2.81. The fraction of sp³-hybridized carbons (Fsp3) is 0.412. The Morgan fingerprint density at radius 3 is 1.77 bits per heavy atom. The van der Waals surface area contributed by atoms with Gasteiger partial charge in [0.1, 0.15) is 0 Å². The van der Waals surface area contributed by atoms with Crippen LogP contribution in [0.4, 0.5) is 39.5 Å². The SMILES string of the molecule is O=C1c2ccccc2C(=O)N1CCC/C(I)=C\C(F)(F)C(F)(F)C(F)(F)C(F)(F)F. The summed E-state index contributed by atoms with van der Waals surface area (Å²) in [6, 6.07) is 5.81. The number of carbonyl (C=O) groups excluding carboxylic acids is 2. The lowest BCUT2D eigenvalue weighted by atomic mass is 10.0. The number of hydrogen-bond acceptors (Lipinski definition) is 2. The predicted octanol–water partition coefficient (Wildman–Crippen LogP) is 5.85. The van der Waals surface area contributed by atoms with E-state index in [1.54, 1.807) is 0 Å². The zero-order valence-corrected chi connectivity index (χ0v) is 16.7. The summed E-state index contributed by atoms with van der Waals surface area (Å²) in [7, 11) is 0. The van der Waals surface area contributed by atoms with E-state index in [0.717, 1.165) is 27.5 Å². The Hall–Kier alpha value is -1.80. The fourth-order valence-corrected chi connectivity index (χ4v) is 3.37. The van der Waals surface area contributed by atoms with E-state index >= 15 is 0 Å². The number of carbonyl (C=O) groups is 2. The number of halogens is 10. The lowest BCUT2D eigenvalue weighted by Crippen LogP contribution is -2.60. The molecule has 1 heterocycles. The first-order chi connectivity index (χ1) is 13.5. The molecule has 1 aliphatic rings. The van der Waals surface area contributed by atoms with Gasteiger partial charge in [0.25, 0.3) is 11.8 Å². The third-order valence-corrected chi connectivity index (χ3v) is 5.03. The van der Waals surface area contributed by atoms with E-state index in [0.29, 0.717) is 0 Å². The topological polar surface area (TPSA) is 37.4 Å². The third kappa shape index (κ3) is 4.17. The van der Waals surface area contributed by atoms with Gasteiger partial charge in [0.15, 0.2) is 0 Å². The lowest BCUT2D eigenvalue weighted by molar-refractivity contribution is -0.388. The zero-order chi connectivity index (χ0) is 23.1. The van der Waals surface area contributed by atoms with Crippen molar-refractivity contribution in [3.8, 4) is 0 Å². The summed E-state index contributed by atoms with van der Waals surface area (Å²) in [5.74, 6) is -20.8. The number of rotatable bonds is 7. The van der Waals surface area contributed by atoms with Crippen molar-refractivity contribution in [2.24, 2.45) is 0 Å². The van der Waals surface area contributed by atoms with Crippen LogP contribution in [0.3, 0.4) is 0 Å². The summed E-state index contributed by atoms with van der Waals surface area (Å²) < 4.78 is 115. The van der Waals surface area contributed by atoms with Gasteiger partial charge in [-0.1, -0.05) is 12.1 Å². The van der Waals surface area contributed by atoms with Gasteiger partial charge in [-0.05, 0) is 51.1 Å². The van der Waals surface area contributed by atoms with E-state index in [-0.39, 0.29) is 24.1 Å². The summed E-state index contributed by atoms with van der Waals surface area (Å²) in [6.07, 6.45) is -8.24. The van der Waals surface area contributed by atoms with Gasteiger partial charge in [0.05, 0.1) is 11.1 Å². The first-order valence-corrected chi connectivity index (χ1v) is 9.15. The monoisotopic (exact) mass is 559 g/mol. The molecule has 0 bridgehead atoms. The molecule has 166 valence electrons. The maximum absolute atomic E-state index is 13.6. The number of hydrogen-bond donors (Lipinski definition) is 0. The molecular weight excluding hydrogens is 548 g/mol. The normalized spacial score (nSPS) is 16.3. The molecular formula is C17H11F9INO2. The van der Waals surface area contributed by atoms with E-state index in [1.165, 1.54) is 24.3 Å². The Labute approximate surface area is 177 Å². The van der Waals surface area contributed by atoms with E-state index in [2.05, 4.69) is 0 Å². The number of alkyl halides is 9. The van der Waals surface area contributed by atoms with Gasteiger partial charge in [-0.2, -0.15) is 39.5 Å². The standard InChI is InChI=1S/C17H11F9INO2/c18-14(19,15(20,21)16(22,23)17(24,25)26)8-9(27)4-3-7-28-12(29)10-5-1-2-6-11(10)13(28)30/h1-2,5-6,8H,3-4,7H2/b9-8+. The van der Waals surface area contributed by atoms with Crippen LogP contribution in [0.5, 0.6) is 0 Å². The summed E-state index contributed by atoms with van der Waals surface area (Å²) in [6.45, 7) is -0.298. The Morgan fingerprint density at radius 2 is 1.33 bits per heavy atom. The molecule has 1 aromatic rings. The average molecular weight is 559 g/mol. The van der Waals surface area contributed by atoms with E-state index in [4.69, 9.17) is 0 Å². The average Bonchev–Trinajstić information content (AvgIpc) is 2.85. The first kappa shape index (κ1) is 24.5. The van der Waals surface area contributed by atoms with E-state index in [1.807, 2.05) is 0 Å². The van der Waals surface area contributed by atoms with Crippen molar-refractivity contribution in [3.05, 3.63) is 45.0 Å². The van der Waals surface area contributed by atoms with Crippen LogP contribution in [0.2, 0.25) is 0 Å². The summed E-state index contributed by atoms with van der Waals surface area (Å²) in [5.41, 5.74) is 0.238. The number of allylic oxidation sites excluding steroid dienone is 2. The minimum atomic E-state index is -6.96. The van der Waals surface area contributed by atoms with Gasteiger partial charge in [-0.25, -0.2) is 0 Å². The number of benzene rings is 1. The van der Waals surface area contributed by atoms with Crippen molar-refractivity contribution in [2.75, 3.05) is 6.54 Å². The van der Waals surface area contributed by atoms with E-state index in [9.17, 15) is 49.1 Å². The van der Waals surface area contributed by atoms with Gasteiger partial charge < -0.3 is 0 Å². The first-order valence-electron chi connectivity index (χ1n) is 8.07. The highest BCUT2D eigenvalue weighted by Crippen LogP contribution is 2.53. The van der Waals surface area contributed by atoms with E-state index < -0.39 is 51.8 Å². The Bertz CT molecular complexity index is 845. The molecule has 2 rings (SSSR count). The molecule has 0 N–H and O–H groups in total.